The zero-order valence-electron chi connectivity index (χ0n) is 12.1. The highest BCUT2D eigenvalue weighted by Crippen LogP contribution is 2.17. The molecule has 0 fully saturated rings. The number of hydrogen-bond acceptors (Lipinski definition) is 2. The van der Waals surface area contributed by atoms with Crippen LogP contribution < -0.4 is 10.6 Å². The first-order valence-electron chi connectivity index (χ1n) is 6.39. The Labute approximate surface area is 139 Å². The monoisotopic (exact) mass is 419 g/mol. The number of halogens is 4. The molecule has 1 rings (SSSR count). The Kier molecular flexibility index (Phi) is 9.38. The van der Waals surface area contributed by atoms with E-state index in [4.69, 9.17) is 0 Å². The maximum Gasteiger partial charge on any atom is 0.390 e. The van der Waals surface area contributed by atoms with Gasteiger partial charge in [0.1, 0.15) is 0 Å². The van der Waals surface area contributed by atoms with Crippen LogP contribution in [0.3, 0.4) is 0 Å². The largest absolute Gasteiger partial charge is 0.390 e. The molecule has 5 nitrogen and oxygen atoms in total. The topological polar surface area (TPSA) is 54.2 Å². The van der Waals surface area contributed by atoms with Crippen molar-refractivity contribution in [3.8, 4) is 0 Å². The highest BCUT2D eigenvalue weighted by molar-refractivity contribution is 14.0. The van der Waals surface area contributed by atoms with Crippen molar-refractivity contribution in [2.24, 2.45) is 12.0 Å². The summed E-state index contributed by atoms with van der Waals surface area (Å²) in [6, 6.07) is 0. The standard InChI is InChI=1S/C12H20F3N5.HI/c1-16-11(18-7-5-12(13,14)15)17-6-3-4-10-8-19-20(2)9-10;/h8-9H,3-7H2,1-2H3,(H2,16,17,18);1H. The van der Waals surface area contributed by atoms with Crippen molar-refractivity contribution in [3.63, 3.8) is 0 Å². The van der Waals surface area contributed by atoms with Gasteiger partial charge < -0.3 is 10.6 Å². The van der Waals surface area contributed by atoms with Gasteiger partial charge in [0.15, 0.2) is 5.96 Å². The van der Waals surface area contributed by atoms with E-state index in [0.29, 0.717) is 12.5 Å². The van der Waals surface area contributed by atoms with Gasteiger partial charge in [-0.05, 0) is 18.4 Å². The van der Waals surface area contributed by atoms with Gasteiger partial charge >= 0.3 is 6.18 Å². The zero-order valence-corrected chi connectivity index (χ0v) is 14.4. The molecule has 1 aromatic heterocycles. The number of rotatable bonds is 6. The molecule has 0 bridgehead atoms. The lowest BCUT2D eigenvalue weighted by Gasteiger charge is -2.12. The lowest BCUT2D eigenvalue weighted by atomic mass is 10.2. The molecule has 122 valence electrons. The van der Waals surface area contributed by atoms with Gasteiger partial charge in [-0.1, -0.05) is 0 Å². The summed E-state index contributed by atoms with van der Waals surface area (Å²) in [7, 11) is 3.39. The van der Waals surface area contributed by atoms with E-state index < -0.39 is 12.6 Å². The molecule has 9 heteroatoms. The minimum atomic E-state index is -4.15. The maximum absolute atomic E-state index is 12.0. The molecule has 0 unspecified atom stereocenters. The average Bonchev–Trinajstić information content (AvgIpc) is 2.76. The number of aromatic nitrogens is 2. The predicted octanol–water partition coefficient (Wildman–Crippen LogP) is 2.09. The number of aryl methyl sites for hydroxylation is 2. The van der Waals surface area contributed by atoms with Crippen molar-refractivity contribution in [2.75, 3.05) is 20.1 Å². The summed E-state index contributed by atoms with van der Waals surface area (Å²) in [4.78, 5) is 3.87. The summed E-state index contributed by atoms with van der Waals surface area (Å²) in [5, 5.41) is 9.67. The maximum atomic E-state index is 12.0. The van der Waals surface area contributed by atoms with Crippen LogP contribution >= 0.6 is 24.0 Å². The van der Waals surface area contributed by atoms with Crippen LogP contribution in [0.2, 0.25) is 0 Å². The van der Waals surface area contributed by atoms with E-state index >= 15 is 0 Å². The Hall–Kier alpha value is -1.00. The van der Waals surface area contributed by atoms with E-state index in [1.807, 2.05) is 13.2 Å². The zero-order chi connectivity index (χ0) is 15.0. The molecule has 0 aliphatic heterocycles. The number of alkyl halides is 3. The van der Waals surface area contributed by atoms with Crippen molar-refractivity contribution in [1.82, 2.24) is 20.4 Å². The summed E-state index contributed by atoms with van der Waals surface area (Å²) in [5.74, 6) is 0.389. The first kappa shape index (κ1) is 20.0. The quantitative estimate of drug-likeness (QED) is 0.322. The molecule has 2 N–H and O–H groups in total. The van der Waals surface area contributed by atoms with E-state index in [-0.39, 0.29) is 30.5 Å². The van der Waals surface area contributed by atoms with E-state index in [2.05, 4.69) is 20.7 Å². The second-order valence-electron chi connectivity index (χ2n) is 4.42. The van der Waals surface area contributed by atoms with Gasteiger partial charge in [-0.2, -0.15) is 18.3 Å². The molecular formula is C12H21F3IN5. The first-order chi connectivity index (χ1) is 9.40. The summed E-state index contributed by atoms with van der Waals surface area (Å²) in [6.45, 7) is 0.465. The molecular weight excluding hydrogens is 398 g/mol. The van der Waals surface area contributed by atoms with Crippen LogP contribution in [0, 0.1) is 0 Å². The van der Waals surface area contributed by atoms with Gasteiger partial charge in [0.25, 0.3) is 0 Å². The van der Waals surface area contributed by atoms with E-state index in [1.165, 1.54) is 7.05 Å². The smallest absolute Gasteiger partial charge is 0.356 e. The lowest BCUT2D eigenvalue weighted by molar-refractivity contribution is -0.132. The number of aliphatic imine (C=N–C) groups is 1. The van der Waals surface area contributed by atoms with Crippen molar-refractivity contribution in [3.05, 3.63) is 18.0 Å². The van der Waals surface area contributed by atoms with E-state index in [9.17, 15) is 13.2 Å². The SMILES string of the molecule is CN=C(NCCCc1cnn(C)c1)NCCC(F)(F)F.I. The highest BCUT2D eigenvalue weighted by Gasteiger charge is 2.26. The molecule has 0 saturated carbocycles. The summed E-state index contributed by atoms with van der Waals surface area (Å²) < 4.78 is 37.7. The Morgan fingerprint density at radius 1 is 1.33 bits per heavy atom. The number of guanidine groups is 1. The summed E-state index contributed by atoms with van der Waals surface area (Å²) >= 11 is 0. The van der Waals surface area contributed by atoms with Crippen LogP contribution in [0.25, 0.3) is 0 Å². The van der Waals surface area contributed by atoms with E-state index in [1.54, 1.807) is 10.9 Å². The minimum absolute atomic E-state index is 0. The Morgan fingerprint density at radius 3 is 2.52 bits per heavy atom. The third-order valence-corrected chi connectivity index (χ3v) is 2.62. The summed E-state index contributed by atoms with van der Waals surface area (Å²) in [5.41, 5.74) is 1.13. The van der Waals surface area contributed by atoms with Crippen LogP contribution in [0.5, 0.6) is 0 Å². The average molecular weight is 419 g/mol. The van der Waals surface area contributed by atoms with Gasteiger partial charge in [-0.15, -0.1) is 24.0 Å². The molecule has 0 aliphatic rings. The van der Waals surface area contributed by atoms with Crippen LogP contribution in [0.4, 0.5) is 13.2 Å². The van der Waals surface area contributed by atoms with Crippen LogP contribution in [-0.4, -0.2) is 42.1 Å². The van der Waals surface area contributed by atoms with Gasteiger partial charge in [-0.3, -0.25) is 9.67 Å². The fraction of sp³-hybridized carbons (Fsp3) is 0.667. The lowest BCUT2D eigenvalue weighted by Crippen LogP contribution is -2.39. The number of nitrogens with zero attached hydrogens (tertiary/aromatic N) is 3. The molecule has 0 radical (unpaired) electrons. The normalized spacial score (nSPS) is 12.0. The fourth-order valence-corrected chi connectivity index (χ4v) is 1.64. The van der Waals surface area contributed by atoms with Gasteiger partial charge in [-0.25, -0.2) is 0 Å². The van der Waals surface area contributed by atoms with Crippen LogP contribution in [0.1, 0.15) is 18.4 Å². The Bertz CT molecular complexity index is 431. The van der Waals surface area contributed by atoms with Crippen molar-refractivity contribution < 1.29 is 13.2 Å². The molecule has 0 atom stereocenters. The second-order valence-corrected chi connectivity index (χ2v) is 4.42. The Morgan fingerprint density at radius 2 is 2.00 bits per heavy atom. The molecule has 1 aromatic rings. The van der Waals surface area contributed by atoms with Crippen molar-refractivity contribution >= 4 is 29.9 Å². The van der Waals surface area contributed by atoms with Gasteiger partial charge in [0.2, 0.25) is 0 Å². The van der Waals surface area contributed by atoms with Crippen LogP contribution in [0.15, 0.2) is 17.4 Å². The fourth-order valence-electron chi connectivity index (χ4n) is 1.64. The first-order valence-corrected chi connectivity index (χ1v) is 6.39. The third-order valence-electron chi connectivity index (χ3n) is 2.62. The van der Waals surface area contributed by atoms with Crippen molar-refractivity contribution in [2.45, 2.75) is 25.4 Å². The minimum Gasteiger partial charge on any atom is -0.356 e. The molecule has 21 heavy (non-hydrogen) atoms. The van der Waals surface area contributed by atoms with Crippen molar-refractivity contribution in [1.29, 1.82) is 0 Å². The highest BCUT2D eigenvalue weighted by atomic mass is 127. The molecule has 0 amide bonds. The number of nitrogens with one attached hydrogen (secondary N) is 2. The van der Waals surface area contributed by atoms with E-state index in [0.717, 1.165) is 18.4 Å². The molecule has 0 aromatic carbocycles. The van der Waals surface area contributed by atoms with Gasteiger partial charge in [0.05, 0.1) is 12.6 Å². The van der Waals surface area contributed by atoms with Crippen LogP contribution in [-0.2, 0) is 13.5 Å². The molecule has 1 heterocycles. The summed E-state index contributed by atoms with van der Waals surface area (Å²) in [6.07, 6.45) is 0.439. The molecule has 0 spiro atoms. The molecule has 0 saturated heterocycles. The third kappa shape index (κ3) is 9.53. The molecule has 0 aliphatic carbocycles. The van der Waals surface area contributed by atoms with Gasteiger partial charge in [0, 0.05) is 33.4 Å². The second kappa shape index (κ2) is 9.85. The Balaban J connectivity index is 0.00000400. The number of hydrogen-bond donors (Lipinski definition) is 2. The predicted molar refractivity (Wildman–Crippen MR) is 87.0 cm³/mol.